The van der Waals surface area contributed by atoms with Gasteiger partial charge in [-0.2, -0.15) is 5.10 Å². The van der Waals surface area contributed by atoms with Crippen LogP contribution in [0.2, 0.25) is 5.02 Å². The molecule has 0 aliphatic rings. The first-order chi connectivity index (χ1) is 14.4. The number of carbonyl (C=O) groups excluding carboxylic acids is 1. The molecule has 0 heterocycles. The van der Waals surface area contributed by atoms with Gasteiger partial charge in [-0.15, -0.1) is 0 Å². The van der Waals surface area contributed by atoms with Gasteiger partial charge in [-0.05, 0) is 78.9 Å². The number of hydrazone groups is 1. The zero-order valence-corrected chi connectivity index (χ0v) is 18.4. The molecule has 0 fully saturated rings. The Kier molecular flexibility index (Phi) is 7.51. The maximum absolute atomic E-state index is 13.0. The first kappa shape index (κ1) is 21.9. The highest BCUT2D eigenvalue weighted by Crippen LogP contribution is 2.23. The van der Waals surface area contributed by atoms with Crippen LogP contribution in [0.25, 0.3) is 0 Å². The van der Waals surface area contributed by atoms with E-state index in [0.29, 0.717) is 27.6 Å². The summed E-state index contributed by atoms with van der Waals surface area (Å²) in [5.41, 5.74) is 4.19. The Morgan fingerprint density at radius 1 is 1.10 bits per heavy atom. The Hall–Kier alpha value is -2.81. The van der Waals surface area contributed by atoms with Gasteiger partial charge in [0.05, 0.1) is 11.8 Å². The number of thiocarbonyl (C=S) groups is 1. The molecule has 0 bridgehead atoms. The second-order valence-corrected chi connectivity index (χ2v) is 7.67. The summed E-state index contributed by atoms with van der Waals surface area (Å²) >= 11 is 14.4. The van der Waals surface area contributed by atoms with E-state index in [-0.39, 0.29) is 10.9 Å². The second-order valence-electron chi connectivity index (χ2n) is 5.91. The second kappa shape index (κ2) is 10.3. The number of hydrogen-bond acceptors (Lipinski definition) is 4. The van der Waals surface area contributed by atoms with E-state index >= 15 is 0 Å². The molecule has 152 valence electrons. The van der Waals surface area contributed by atoms with Crippen LogP contribution < -0.4 is 15.5 Å². The van der Waals surface area contributed by atoms with E-state index in [0.717, 1.165) is 4.47 Å². The minimum atomic E-state index is -0.523. The third-order valence-corrected chi connectivity index (χ3v) is 4.66. The lowest BCUT2D eigenvalue weighted by molar-refractivity contribution is 0.0734. The molecular formula is C21H14BrClFN3O2S. The summed E-state index contributed by atoms with van der Waals surface area (Å²) in [7, 11) is 0. The van der Waals surface area contributed by atoms with E-state index in [2.05, 4.69) is 31.8 Å². The van der Waals surface area contributed by atoms with Gasteiger partial charge >= 0.3 is 5.97 Å². The van der Waals surface area contributed by atoms with Crippen LogP contribution in [-0.2, 0) is 0 Å². The van der Waals surface area contributed by atoms with Gasteiger partial charge in [-0.3, -0.25) is 5.43 Å². The number of hydrogen-bond donors (Lipinski definition) is 2. The number of rotatable bonds is 5. The molecule has 0 radical (unpaired) electrons. The van der Waals surface area contributed by atoms with E-state index < -0.39 is 5.97 Å². The summed E-state index contributed by atoms with van der Waals surface area (Å²) in [6.45, 7) is 0. The number of halogens is 3. The Balaban J connectivity index is 1.67. The summed E-state index contributed by atoms with van der Waals surface area (Å²) < 4.78 is 19.2. The lowest BCUT2D eigenvalue weighted by Gasteiger charge is -2.09. The van der Waals surface area contributed by atoms with Crippen molar-refractivity contribution in [2.75, 3.05) is 5.32 Å². The fraction of sp³-hybridized carbons (Fsp3) is 0. The Labute approximate surface area is 191 Å². The number of benzene rings is 3. The third kappa shape index (κ3) is 6.35. The van der Waals surface area contributed by atoms with Gasteiger partial charge in [0.1, 0.15) is 11.6 Å². The predicted molar refractivity (Wildman–Crippen MR) is 124 cm³/mol. The molecule has 0 aliphatic carbocycles. The number of carbonyl (C=O) groups is 1. The number of anilines is 1. The smallest absolute Gasteiger partial charge is 0.343 e. The minimum absolute atomic E-state index is 0.215. The highest BCUT2D eigenvalue weighted by molar-refractivity contribution is 9.10. The fourth-order valence-electron chi connectivity index (χ4n) is 2.31. The van der Waals surface area contributed by atoms with Crippen molar-refractivity contribution in [3.63, 3.8) is 0 Å². The molecule has 3 aromatic carbocycles. The van der Waals surface area contributed by atoms with Crippen molar-refractivity contribution in [1.29, 1.82) is 0 Å². The average molecular weight is 507 g/mol. The first-order valence-electron chi connectivity index (χ1n) is 8.53. The number of esters is 1. The zero-order valence-electron chi connectivity index (χ0n) is 15.2. The first-order valence-corrected chi connectivity index (χ1v) is 10.1. The average Bonchev–Trinajstić information content (AvgIpc) is 2.72. The maximum atomic E-state index is 13.0. The van der Waals surface area contributed by atoms with Gasteiger partial charge in [0, 0.05) is 20.7 Å². The highest BCUT2D eigenvalue weighted by Gasteiger charge is 2.11. The minimum Gasteiger partial charge on any atom is -0.422 e. The fourth-order valence-corrected chi connectivity index (χ4v) is 2.99. The van der Waals surface area contributed by atoms with Crippen LogP contribution >= 0.6 is 39.7 Å². The van der Waals surface area contributed by atoms with Crippen molar-refractivity contribution in [3.8, 4) is 5.75 Å². The molecule has 3 rings (SSSR count). The SMILES string of the molecule is O=C(Oc1ccc(Br)cc1/C=N\NC(=S)Nc1ccc(F)cc1)c1ccc(Cl)cc1. The molecule has 2 N–H and O–H groups in total. The number of ether oxygens (including phenoxy) is 1. The summed E-state index contributed by atoms with van der Waals surface area (Å²) in [6.07, 6.45) is 1.47. The topological polar surface area (TPSA) is 62.7 Å². The molecule has 0 spiro atoms. The normalized spacial score (nSPS) is 10.6. The highest BCUT2D eigenvalue weighted by atomic mass is 79.9. The monoisotopic (exact) mass is 505 g/mol. The van der Waals surface area contributed by atoms with E-state index in [4.69, 9.17) is 28.6 Å². The van der Waals surface area contributed by atoms with Crippen molar-refractivity contribution in [3.05, 3.63) is 93.2 Å². The molecular weight excluding hydrogens is 493 g/mol. The van der Waals surface area contributed by atoms with Crippen molar-refractivity contribution >= 4 is 62.7 Å². The van der Waals surface area contributed by atoms with E-state index in [1.165, 1.54) is 18.3 Å². The Morgan fingerprint density at radius 2 is 1.80 bits per heavy atom. The van der Waals surface area contributed by atoms with Gasteiger partial charge in [-0.1, -0.05) is 27.5 Å². The van der Waals surface area contributed by atoms with Gasteiger partial charge in [0.25, 0.3) is 0 Å². The van der Waals surface area contributed by atoms with E-state index in [1.807, 2.05) is 0 Å². The molecule has 0 amide bonds. The molecule has 0 saturated carbocycles. The van der Waals surface area contributed by atoms with Crippen molar-refractivity contribution < 1.29 is 13.9 Å². The van der Waals surface area contributed by atoms with Crippen molar-refractivity contribution in [2.45, 2.75) is 0 Å². The molecule has 5 nitrogen and oxygen atoms in total. The summed E-state index contributed by atoms with van der Waals surface area (Å²) in [5.74, 6) is -0.543. The number of nitrogens with one attached hydrogen (secondary N) is 2. The molecule has 0 aromatic heterocycles. The lowest BCUT2D eigenvalue weighted by Crippen LogP contribution is -2.23. The molecule has 0 aliphatic heterocycles. The quantitative estimate of drug-likeness (QED) is 0.151. The van der Waals surface area contributed by atoms with E-state index in [9.17, 15) is 9.18 Å². The molecule has 3 aromatic rings. The van der Waals surface area contributed by atoms with Crippen LogP contribution in [0.1, 0.15) is 15.9 Å². The van der Waals surface area contributed by atoms with Gasteiger partial charge < -0.3 is 10.1 Å². The van der Waals surface area contributed by atoms with Gasteiger partial charge in [0.15, 0.2) is 5.11 Å². The molecule has 0 saturated heterocycles. The van der Waals surface area contributed by atoms with Crippen LogP contribution in [-0.4, -0.2) is 17.3 Å². The maximum Gasteiger partial charge on any atom is 0.343 e. The summed E-state index contributed by atoms with van der Waals surface area (Å²) in [6, 6.07) is 17.3. The predicted octanol–water partition coefficient (Wildman–Crippen LogP) is 5.78. The molecule has 30 heavy (non-hydrogen) atoms. The molecule has 9 heteroatoms. The van der Waals surface area contributed by atoms with Crippen LogP contribution in [0.4, 0.5) is 10.1 Å². The largest absolute Gasteiger partial charge is 0.422 e. The summed E-state index contributed by atoms with van der Waals surface area (Å²) in [4.78, 5) is 12.4. The molecule has 0 atom stereocenters. The van der Waals surface area contributed by atoms with Crippen LogP contribution in [0.3, 0.4) is 0 Å². The third-order valence-electron chi connectivity index (χ3n) is 3.73. The van der Waals surface area contributed by atoms with Crippen LogP contribution in [0.5, 0.6) is 5.75 Å². The molecule has 0 unspecified atom stereocenters. The Morgan fingerprint density at radius 3 is 2.50 bits per heavy atom. The Bertz CT molecular complexity index is 1090. The van der Waals surface area contributed by atoms with Crippen LogP contribution in [0.15, 0.2) is 76.3 Å². The van der Waals surface area contributed by atoms with E-state index in [1.54, 1.807) is 54.6 Å². The van der Waals surface area contributed by atoms with Gasteiger partial charge in [-0.25, -0.2) is 9.18 Å². The summed E-state index contributed by atoms with van der Waals surface area (Å²) in [5, 5.41) is 7.68. The van der Waals surface area contributed by atoms with Crippen LogP contribution in [0, 0.1) is 5.82 Å². The lowest BCUT2D eigenvalue weighted by atomic mass is 10.2. The standard InChI is InChI=1S/C21H14BrClFN3O2S/c22-15-3-10-19(29-20(28)13-1-4-16(23)5-2-13)14(11-15)12-25-27-21(30)26-18-8-6-17(24)7-9-18/h1-12H,(H2,26,27,30)/b25-12-. The van der Waals surface area contributed by atoms with Crippen molar-refractivity contribution in [1.82, 2.24) is 5.43 Å². The van der Waals surface area contributed by atoms with Crippen molar-refractivity contribution in [2.24, 2.45) is 5.10 Å². The van der Waals surface area contributed by atoms with Gasteiger partial charge in [0.2, 0.25) is 0 Å². The zero-order chi connectivity index (χ0) is 21.5. The number of nitrogens with zero attached hydrogens (tertiary/aromatic N) is 1.